The maximum absolute atomic E-state index is 4.21. The Kier molecular flexibility index (Phi) is 6.81. The van der Waals surface area contributed by atoms with Crippen molar-refractivity contribution in [3.8, 4) is 39.1 Å². The first-order valence-corrected chi connectivity index (χ1v) is 19.5. The van der Waals surface area contributed by atoms with E-state index < -0.39 is 5.41 Å². The molecule has 0 atom stereocenters. The quantitative estimate of drug-likeness (QED) is 0.181. The van der Waals surface area contributed by atoms with E-state index in [1.165, 1.54) is 77.7 Å². The second kappa shape index (κ2) is 12.2. The molecule has 0 unspecified atom stereocenters. The number of hydrogen-bond donors (Lipinski definition) is 0. The van der Waals surface area contributed by atoms with Gasteiger partial charge in [-0.3, -0.25) is 0 Å². The number of anilines is 3. The van der Waals surface area contributed by atoms with Crippen LogP contribution in [-0.2, 0) is 5.41 Å². The third kappa shape index (κ3) is 4.50. The first-order chi connectivity index (χ1) is 28.3. The van der Waals surface area contributed by atoms with Gasteiger partial charge in [-0.1, -0.05) is 127 Å². The van der Waals surface area contributed by atoms with Gasteiger partial charge >= 0.3 is 0 Å². The first-order valence-electron chi connectivity index (χ1n) is 19.5. The van der Waals surface area contributed by atoms with E-state index in [1.807, 2.05) is 12.4 Å². The SMILES string of the molecule is c1ccc(N2c3ccccc3C3(c4ccccc4-c4cc(-c5ccc6c(c5)c5ccccc5n6-c5ccc(-c6cncnc6)cc5)ccc43)c3ccccc32)cc1. The highest BCUT2D eigenvalue weighted by Gasteiger charge is 2.51. The number of nitrogens with zero attached hydrogens (tertiary/aromatic N) is 4. The summed E-state index contributed by atoms with van der Waals surface area (Å²) in [5, 5.41) is 2.47. The summed E-state index contributed by atoms with van der Waals surface area (Å²) < 4.78 is 2.37. The van der Waals surface area contributed by atoms with Crippen LogP contribution < -0.4 is 4.90 Å². The van der Waals surface area contributed by atoms with Crippen LogP contribution >= 0.6 is 0 Å². The fraction of sp³-hybridized carbons (Fsp3) is 0.0189. The molecule has 1 aliphatic heterocycles. The second-order valence-corrected chi connectivity index (χ2v) is 15.0. The zero-order chi connectivity index (χ0) is 37.5. The van der Waals surface area contributed by atoms with Crippen LogP contribution in [0.4, 0.5) is 17.1 Å². The molecule has 2 aromatic heterocycles. The zero-order valence-electron chi connectivity index (χ0n) is 30.9. The van der Waals surface area contributed by atoms with Gasteiger partial charge in [-0.25, -0.2) is 9.97 Å². The second-order valence-electron chi connectivity index (χ2n) is 15.0. The van der Waals surface area contributed by atoms with Gasteiger partial charge in [0.15, 0.2) is 0 Å². The van der Waals surface area contributed by atoms with Crippen molar-refractivity contribution in [3.63, 3.8) is 0 Å². The molecule has 2 aliphatic rings. The Morgan fingerprint density at radius 3 is 1.72 bits per heavy atom. The van der Waals surface area contributed by atoms with E-state index >= 15 is 0 Å². The number of para-hydroxylation sites is 4. The largest absolute Gasteiger partial charge is 0.310 e. The highest BCUT2D eigenvalue weighted by Crippen LogP contribution is 2.63. The molecule has 0 radical (unpaired) electrons. The lowest BCUT2D eigenvalue weighted by molar-refractivity contribution is 0.753. The van der Waals surface area contributed by atoms with Crippen LogP contribution in [-0.4, -0.2) is 14.5 Å². The molecule has 8 aromatic carbocycles. The third-order valence-electron chi connectivity index (χ3n) is 12.2. The molecule has 1 aliphatic carbocycles. The molecule has 0 saturated carbocycles. The Morgan fingerprint density at radius 1 is 0.368 bits per heavy atom. The molecule has 1 spiro atoms. The summed E-state index contributed by atoms with van der Waals surface area (Å²) in [6.07, 6.45) is 5.28. The van der Waals surface area contributed by atoms with Gasteiger partial charge in [0.2, 0.25) is 0 Å². The summed E-state index contributed by atoms with van der Waals surface area (Å²) in [6.45, 7) is 0. The van der Waals surface area contributed by atoms with E-state index in [0.29, 0.717) is 0 Å². The molecule has 3 heterocycles. The minimum absolute atomic E-state index is 0.469. The van der Waals surface area contributed by atoms with Gasteiger partial charge < -0.3 is 9.47 Å². The van der Waals surface area contributed by atoms with Crippen LogP contribution in [0.2, 0.25) is 0 Å². The number of benzene rings is 8. The minimum atomic E-state index is -0.469. The molecule has 266 valence electrons. The van der Waals surface area contributed by atoms with Crippen LogP contribution in [0.3, 0.4) is 0 Å². The topological polar surface area (TPSA) is 34.0 Å². The van der Waals surface area contributed by atoms with Gasteiger partial charge in [0.05, 0.1) is 27.8 Å². The van der Waals surface area contributed by atoms with Gasteiger partial charge in [-0.15, -0.1) is 0 Å². The van der Waals surface area contributed by atoms with Crippen molar-refractivity contribution in [1.29, 1.82) is 0 Å². The maximum Gasteiger partial charge on any atom is 0.115 e. The maximum atomic E-state index is 4.21. The molecule has 57 heavy (non-hydrogen) atoms. The predicted octanol–water partition coefficient (Wildman–Crippen LogP) is 13.1. The Hall–Kier alpha value is -7.56. The Balaban J connectivity index is 1.03. The summed E-state index contributed by atoms with van der Waals surface area (Å²) in [6, 6.07) is 69.4. The van der Waals surface area contributed by atoms with Gasteiger partial charge in [-0.05, 0) is 111 Å². The summed E-state index contributed by atoms with van der Waals surface area (Å²) in [5.74, 6) is 0. The average Bonchev–Trinajstić information content (AvgIpc) is 3.77. The highest BCUT2D eigenvalue weighted by atomic mass is 15.2. The van der Waals surface area contributed by atoms with E-state index in [0.717, 1.165) is 22.5 Å². The summed E-state index contributed by atoms with van der Waals surface area (Å²) in [7, 11) is 0. The number of rotatable bonds is 4. The lowest BCUT2D eigenvalue weighted by atomic mass is 9.64. The summed E-state index contributed by atoms with van der Waals surface area (Å²) >= 11 is 0. The number of fused-ring (bicyclic) bond motifs is 12. The standard InChI is InChI=1S/C53H34N4/c1-2-12-39(13-3-1)57-51-20-10-7-17-47(51)53(48-18-8-11-21-52(48)57)45-16-6-4-14-41(45)43-30-36(24-28-46(43)53)37-25-29-50-44(31-37)42-15-5-9-19-49(42)56(50)40-26-22-35(23-27-40)38-32-54-34-55-33-38/h1-34H. The smallest absolute Gasteiger partial charge is 0.115 e. The van der Waals surface area contributed by atoms with Crippen molar-refractivity contribution >= 4 is 38.9 Å². The molecular weight excluding hydrogens is 693 g/mol. The van der Waals surface area contributed by atoms with Crippen LogP contribution in [0.15, 0.2) is 207 Å². The van der Waals surface area contributed by atoms with E-state index in [2.05, 4.69) is 207 Å². The van der Waals surface area contributed by atoms with Crippen LogP contribution in [0.5, 0.6) is 0 Å². The van der Waals surface area contributed by atoms with Gasteiger partial charge in [0.25, 0.3) is 0 Å². The van der Waals surface area contributed by atoms with E-state index in [-0.39, 0.29) is 0 Å². The fourth-order valence-electron chi connectivity index (χ4n) is 9.83. The Morgan fingerprint density at radius 2 is 0.947 bits per heavy atom. The highest BCUT2D eigenvalue weighted by molar-refractivity contribution is 6.10. The molecule has 4 heteroatoms. The Bertz CT molecular complexity index is 3130. The minimum Gasteiger partial charge on any atom is -0.310 e. The zero-order valence-corrected chi connectivity index (χ0v) is 30.9. The van der Waals surface area contributed by atoms with E-state index in [9.17, 15) is 0 Å². The van der Waals surface area contributed by atoms with Crippen molar-refractivity contribution in [1.82, 2.24) is 14.5 Å². The van der Waals surface area contributed by atoms with Crippen molar-refractivity contribution < 1.29 is 0 Å². The third-order valence-corrected chi connectivity index (χ3v) is 12.2. The number of aromatic nitrogens is 3. The van der Waals surface area contributed by atoms with Crippen LogP contribution in [0.1, 0.15) is 22.3 Å². The molecule has 0 saturated heterocycles. The predicted molar refractivity (Wildman–Crippen MR) is 233 cm³/mol. The molecular formula is C53H34N4. The Labute approximate surface area is 330 Å². The fourth-order valence-corrected chi connectivity index (χ4v) is 9.83. The van der Waals surface area contributed by atoms with Crippen LogP contribution in [0.25, 0.3) is 60.9 Å². The lowest BCUT2D eigenvalue weighted by Crippen LogP contribution is -2.36. The molecule has 4 nitrogen and oxygen atoms in total. The monoisotopic (exact) mass is 726 g/mol. The van der Waals surface area contributed by atoms with Crippen molar-refractivity contribution in [2.24, 2.45) is 0 Å². The van der Waals surface area contributed by atoms with E-state index in [1.54, 1.807) is 6.33 Å². The van der Waals surface area contributed by atoms with Gasteiger partial charge in [-0.2, -0.15) is 0 Å². The lowest BCUT2D eigenvalue weighted by Gasteiger charge is -2.45. The normalized spacial score (nSPS) is 13.4. The van der Waals surface area contributed by atoms with Crippen molar-refractivity contribution in [2.45, 2.75) is 5.41 Å². The van der Waals surface area contributed by atoms with Crippen molar-refractivity contribution in [3.05, 3.63) is 229 Å². The van der Waals surface area contributed by atoms with Gasteiger partial charge in [0.1, 0.15) is 6.33 Å². The number of hydrogen-bond acceptors (Lipinski definition) is 3. The van der Waals surface area contributed by atoms with E-state index in [4.69, 9.17) is 0 Å². The molecule has 12 rings (SSSR count). The van der Waals surface area contributed by atoms with Crippen LogP contribution in [0, 0.1) is 0 Å². The summed E-state index contributed by atoms with van der Waals surface area (Å²) in [4.78, 5) is 10.9. The molecule has 0 amide bonds. The summed E-state index contributed by atoms with van der Waals surface area (Å²) in [5.41, 5.74) is 18.9. The van der Waals surface area contributed by atoms with Gasteiger partial charge in [0, 0.05) is 40.1 Å². The molecule has 0 N–H and O–H groups in total. The molecule has 0 bridgehead atoms. The van der Waals surface area contributed by atoms with Crippen molar-refractivity contribution in [2.75, 3.05) is 4.90 Å². The molecule has 10 aromatic rings. The average molecular weight is 727 g/mol. The molecule has 0 fully saturated rings. The first kappa shape index (κ1) is 31.8.